The molecule has 2 aromatic carbocycles. The number of methoxy groups -OCH3 is 1. The van der Waals surface area contributed by atoms with E-state index in [1.54, 1.807) is 24.4 Å². The van der Waals surface area contributed by atoms with Crippen LogP contribution in [0.15, 0.2) is 42.6 Å². The molecular weight excluding hydrogens is 615 g/mol. The lowest BCUT2D eigenvalue weighted by Crippen LogP contribution is -2.30. The van der Waals surface area contributed by atoms with Crippen LogP contribution in [-0.2, 0) is 20.3 Å². The third-order valence-electron chi connectivity index (χ3n) is 6.40. The first-order chi connectivity index (χ1) is 21.5. The summed E-state index contributed by atoms with van der Waals surface area (Å²) in [6, 6.07) is 8.56. The van der Waals surface area contributed by atoms with Gasteiger partial charge in [-0.3, -0.25) is 14.4 Å². The lowest BCUT2D eigenvalue weighted by molar-refractivity contribution is -0.115. The number of phosphoric ester groups is 1. The summed E-state index contributed by atoms with van der Waals surface area (Å²) >= 11 is 0. The normalized spacial score (nSPS) is 11.6. The monoisotopic (exact) mass is 649 g/mol. The zero-order valence-electron chi connectivity index (χ0n) is 24.6. The Morgan fingerprint density at radius 2 is 1.93 bits per heavy atom. The predicted molar refractivity (Wildman–Crippen MR) is 161 cm³/mol. The quantitative estimate of drug-likeness (QED) is 0.0815. The number of aromatic nitrogens is 4. The van der Waals surface area contributed by atoms with Crippen LogP contribution in [0, 0.1) is 11.6 Å². The molecule has 0 aliphatic carbocycles. The minimum absolute atomic E-state index is 0.0770. The van der Waals surface area contributed by atoms with Crippen molar-refractivity contribution in [1.29, 1.82) is 0 Å². The van der Waals surface area contributed by atoms with Gasteiger partial charge in [-0.15, -0.1) is 0 Å². The largest absolute Gasteiger partial charge is 0.493 e. The van der Waals surface area contributed by atoms with Crippen molar-refractivity contribution in [3.8, 4) is 11.5 Å². The number of H-pyrrole nitrogens is 1. The first-order valence-corrected chi connectivity index (χ1v) is 15.5. The van der Waals surface area contributed by atoms with Gasteiger partial charge in [0.05, 0.1) is 37.9 Å². The van der Waals surface area contributed by atoms with Gasteiger partial charge in [0, 0.05) is 42.5 Å². The van der Waals surface area contributed by atoms with E-state index >= 15 is 0 Å². The number of rotatable bonds is 17. The van der Waals surface area contributed by atoms with E-state index in [0.717, 1.165) is 19.0 Å². The fourth-order valence-corrected chi connectivity index (χ4v) is 4.70. The number of carbonyl (C=O) groups excluding carboxylic acids is 1. The Labute approximate surface area is 257 Å². The molecule has 2 heterocycles. The van der Waals surface area contributed by atoms with Crippen molar-refractivity contribution in [2.75, 3.05) is 50.6 Å². The van der Waals surface area contributed by atoms with Gasteiger partial charge in [-0.1, -0.05) is 13.0 Å². The maximum absolute atomic E-state index is 13.9. The lowest BCUT2D eigenvalue weighted by atomic mass is 10.2. The number of ether oxygens (including phenoxy) is 2. The van der Waals surface area contributed by atoms with Crippen LogP contribution >= 0.6 is 7.82 Å². The fraction of sp³-hybridized carbons (Fsp3) is 0.357. The van der Waals surface area contributed by atoms with E-state index in [-0.39, 0.29) is 24.7 Å². The second kappa shape index (κ2) is 15.7. The standard InChI is InChI=1S/C28H34F2N7O7P/c1-3-8-37(10-12-44-45(39,40)41)9-5-11-43-24-16-22-18(13-23(24)42-2)17-31-28(33-22)34-25-14-19(35-36-25)15-26(38)32-21-7-4-6-20(29)27(21)30/h4,6-7,13-14,16-17H,3,5,8-12,15H2,1-2H3,(H,32,38)(H2,39,40,41)(H2,31,33,34,35,36). The molecule has 5 N–H and O–H groups in total. The summed E-state index contributed by atoms with van der Waals surface area (Å²) in [6.45, 7) is 4.06. The third-order valence-corrected chi connectivity index (χ3v) is 6.91. The van der Waals surface area contributed by atoms with E-state index < -0.39 is 25.4 Å². The zero-order valence-corrected chi connectivity index (χ0v) is 25.5. The van der Waals surface area contributed by atoms with Gasteiger partial charge in [-0.2, -0.15) is 5.10 Å². The fourth-order valence-electron chi connectivity index (χ4n) is 4.38. The number of aromatic amines is 1. The minimum atomic E-state index is -4.50. The van der Waals surface area contributed by atoms with Gasteiger partial charge in [0.1, 0.15) is 0 Å². The average molecular weight is 650 g/mol. The van der Waals surface area contributed by atoms with Gasteiger partial charge in [0.15, 0.2) is 29.0 Å². The first-order valence-electron chi connectivity index (χ1n) is 14.0. The van der Waals surface area contributed by atoms with Gasteiger partial charge in [-0.25, -0.2) is 23.3 Å². The van der Waals surface area contributed by atoms with E-state index in [0.29, 0.717) is 60.0 Å². The van der Waals surface area contributed by atoms with Crippen LogP contribution in [0.1, 0.15) is 25.5 Å². The van der Waals surface area contributed by atoms with Crippen LogP contribution in [0.25, 0.3) is 10.9 Å². The zero-order chi connectivity index (χ0) is 32.4. The van der Waals surface area contributed by atoms with E-state index in [1.807, 2.05) is 11.8 Å². The number of hydrogen-bond donors (Lipinski definition) is 5. The van der Waals surface area contributed by atoms with Gasteiger partial charge in [0.2, 0.25) is 11.9 Å². The second-order valence-corrected chi connectivity index (χ2v) is 11.1. The average Bonchev–Trinajstić information content (AvgIpc) is 3.42. The molecule has 45 heavy (non-hydrogen) atoms. The highest BCUT2D eigenvalue weighted by Crippen LogP contribution is 2.35. The Bertz CT molecular complexity index is 1650. The van der Waals surface area contributed by atoms with Crippen LogP contribution in [-0.4, -0.2) is 80.7 Å². The van der Waals surface area contributed by atoms with Crippen LogP contribution < -0.4 is 20.1 Å². The van der Waals surface area contributed by atoms with Crippen LogP contribution in [0.3, 0.4) is 0 Å². The molecule has 0 atom stereocenters. The topological polar surface area (TPSA) is 184 Å². The first kappa shape index (κ1) is 33.7. The molecular formula is C28H34F2N7O7P. The van der Waals surface area contributed by atoms with E-state index in [1.165, 1.54) is 19.2 Å². The second-order valence-electron chi connectivity index (χ2n) is 9.85. The summed E-state index contributed by atoms with van der Waals surface area (Å²) in [5, 5.41) is 12.8. The minimum Gasteiger partial charge on any atom is -0.493 e. The van der Waals surface area contributed by atoms with Gasteiger partial charge in [0.25, 0.3) is 0 Å². The van der Waals surface area contributed by atoms with E-state index in [9.17, 15) is 18.1 Å². The number of benzene rings is 2. The summed E-state index contributed by atoms with van der Waals surface area (Å²) in [4.78, 5) is 41.0. The molecule has 0 saturated carbocycles. The van der Waals surface area contributed by atoms with Crippen molar-refractivity contribution in [3.63, 3.8) is 0 Å². The van der Waals surface area contributed by atoms with Crippen LogP contribution in [0.5, 0.6) is 11.5 Å². The molecule has 242 valence electrons. The number of phosphoric acid groups is 1. The Balaban J connectivity index is 1.34. The Kier molecular flexibility index (Phi) is 11.7. The highest BCUT2D eigenvalue weighted by molar-refractivity contribution is 7.46. The van der Waals surface area contributed by atoms with Gasteiger partial charge in [-0.05, 0) is 37.6 Å². The number of amides is 1. The SMILES string of the molecule is CCCN(CCCOc1cc2nc(Nc3cc(CC(=O)Nc4cccc(F)c4F)[nH]n3)ncc2cc1OC)CCOP(=O)(O)O. The number of nitrogens with one attached hydrogen (secondary N) is 3. The van der Waals surface area contributed by atoms with Gasteiger partial charge >= 0.3 is 7.82 Å². The summed E-state index contributed by atoms with van der Waals surface area (Å²) in [5.41, 5.74) is 0.727. The maximum atomic E-state index is 13.9. The van der Waals surface area contributed by atoms with Crippen molar-refractivity contribution >= 4 is 42.1 Å². The molecule has 0 radical (unpaired) electrons. The van der Waals surface area contributed by atoms with E-state index in [4.69, 9.17) is 19.3 Å². The third kappa shape index (κ3) is 10.2. The maximum Gasteiger partial charge on any atom is 0.469 e. The van der Waals surface area contributed by atoms with Crippen molar-refractivity contribution in [3.05, 3.63) is 59.9 Å². The predicted octanol–water partition coefficient (Wildman–Crippen LogP) is 4.15. The summed E-state index contributed by atoms with van der Waals surface area (Å²) < 4.78 is 54.2. The van der Waals surface area contributed by atoms with Gasteiger partial charge < -0.3 is 34.8 Å². The van der Waals surface area contributed by atoms with Crippen molar-refractivity contribution in [1.82, 2.24) is 25.1 Å². The van der Waals surface area contributed by atoms with Crippen LogP contribution in [0.4, 0.5) is 26.2 Å². The molecule has 0 spiro atoms. The highest BCUT2D eigenvalue weighted by Gasteiger charge is 2.16. The molecule has 0 bridgehead atoms. The van der Waals surface area contributed by atoms with Crippen molar-refractivity contribution in [2.24, 2.45) is 0 Å². The number of hydrogen-bond acceptors (Lipinski definition) is 10. The van der Waals surface area contributed by atoms with Crippen molar-refractivity contribution < 1.29 is 41.9 Å². The van der Waals surface area contributed by atoms with Crippen molar-refractivity contribution in [2.45, 2.75) is 26.2 Å². The summed E-state index contributed by atoms with van der Waals surface area (Å²) in [7, 11) is -2.98. The molecule has 0 aliphatic rings. The molecule has 2 aromatic heterocycles. The Morgan fingerprint density at radius 3 is 2.69 bits per heavy atom. The molecule has 0 aliphatic heterocycles. The molecule has 1 amide bonds. The molecule has 0 unspecified atom stereocenters. The molecule has 0 saturated heterocycles. The molecule has 4 aromatic rings. The molecule has 4 rings (SSSR count). The number of anilines is 3. The highest BCUT2D eigenvalue weighted by atomic mass is 31.2. The molecule has 0 fully saturated rings. The number of carbonyl (C=O) groups is 1. The molecule has 14 nitrogen and oxygen atoms in total. The molecule has 17 heteroatoms. The number of nitrogens with zero attached hydrogens (tertiary/aromatic N) is 4. The summed E-state index contributed by atoms with van der Waals surface area (Å²) in [6.07, 6.45) is 2.96. The number of fused-ring (bicyclic) bond motifs is 1. The lowest BCUT2D eigenvalue weighted by Gasteiger charge is -2.21. The Hall–Kier alpha value is -4.21. The number of halogens is 2. The summed E-state index contributed by atoms with van der Waals surface area (Å²) in [5.74, 6) is -1.22. The van der Waals surface area contributed by atoms with E-state index in [2.05, 4.69) is 35.3 Å². The van der Waals surface area contributed by atoms with Crippen LogP contribution in [0.2, 0.25) is 0 Å². The smallest absolute Gasteiger partial charge is 0.469 e. The Morgan fingerprint density at radius 1 is 1.11 bits per heavy atom.